The van der Waals surface area contributed by atoms with Crippen molar-refractivity contribution in [3.8, 4) is 0 Å². The molecule has 1 aromatic rings. The second kappa shape index (κ2) is 6.39. The van der Waals surface area contributed by atoms with Gasteiger partial charge in [-0.15, -0.1) is 0 Å². The van der Waals surface area contributed by atoms with E-state index in [-0.39, 0.29) is 11.8 Å². The van der Waals surface area contributed by atoms with E-state index in [2.05, 4.69) is 13.8 Å². The Morgan fingerprint density at radius 3 is 2.42 bits per heavy atom. The topological polar surface area (TPSA) is 63.4 Å². The maximum Gasteiger partial charge on any atom is 0.218 e. The van der Waals surface area contributed by atoms with Crippen molar-refractivity contribution < 1.29 is 8.42 Å². The molecule has 1 rings (SSSR count). The molecular weight excluding hydrogens is 260 g/mol. The molecular formula is C14H24N2O2S. The summed E-state index contributed by atoms with van der Waals surface area (Å²) >= 11 is 0. The van der Waals surface area contributed by atoms with Gasteiger partial charge in [0, 0.05) is 18.8 Å². The van der Waals surface area contributed by atoms with E-state index in [1.807, 2.05) is 6.92 Å². The lowest BCUT2D eigenvalue weighted by Gasteiger charge is -2.25. The van der Waals surface area contributed by atoms with Gasteiger partial charge in [-0.3, -0.25) is 0 Å². The van der Waals surface area contributed by atoms with Crippen molar-refractivity contribution in [1.29, 1.82) is 0 Å². The molecule has 0 saturated carbocycles. The Bertz CT molecular complexity index is 512. The van der Waals surface area contributed by atoms with Crippen molar-refractivity contribution in [2.45, 2.75) is 39.0 Å². The highest BCUT2D eigenvalue weighted by Crippen LogP contribution is 2.17. The minimum atomic E-state index is -3.30. The zero-order valence-electron chi connectivity index (χ0n) is 12.1. The van der Waals surface area contributed by atoms with Crippen LogP contribution in [-0.2, 0) is 15.8 Å². The zero-order valence-corrected chi connectivity index (χ0v) is 12.9. The van der Waals surface area contributed by atoms with Gasteiger partial charge in [-0.1, -0.05) is 26.0 Å². The maximum atomic E-state index is 12.3. The fourth-order valence-electron chi connectivity index (χ4n) is 2.10. The quantitative estimate of drug-likeness (QED) is 0.816. The Balaban J connectivity index is 2.80. The SMILES string of the molecule is CC(C)CC(C)N(C)S(=O)(=O)Cc1cccc(N)c1. The molecule has 0 fully saturated rings. The van der Waals surface area contributed by atoms with E-state index in [1.165, 1.54) is 4.31 Å². The summed E-state index contributed by atoms with van der Waals surface area (Å²) in [4.78, 5) is 0. The lowest BCUT2D eigenvalue weighted by Crippen LogP contribution is -2.36. The molecule has 0 spiro atoms. The second-order valence-electron chi connectivity index (χ2n) is 5.50. The number of benzene rings is 1. The summed E-state index contributed by atoms with van der Waals surface area (Å²) < 4.78 is 26.1. The summed E-state index contributed by atoms with van der Waals surface area (Å²) in [6, 6.07) is 7.03. The molecule has 2 N–H and O–H groups in total. The van der Waals surface area contributed by atoms with Gasteiger partial charge < -0.3 is 5.73 Å². The number of rotatable bonds is 6. The average Bonchev–Trinajstić information content (AvgIpc) is 2.26. The van der Waals surface area contributed by atoms with Crippen molar-refractivity contribution in [2.24, 2.45) is 5.92 Å². The lowest BCUT2D eigenvalue weighted by molar-refractivity contribution is 0.337. The van der Waals surface area contributed by atoms with Gasteiger partial charge in [0.1, 0.15) is 0 Å². The van der Waals surface area contributed by atoms with Crippen LogP contribution in [0.25, 0.3) is 0 Å². The van der Waals surface area contributed by atoms with Gasteiger partial charge in [-0.25, -0.2) is 12.7 Å². The molecule has 108 valence electrons. The number of sulfonamides is 1. The molecule has 0 saturated heterocycles. The largest absolute Gasteiger partial charge is 0.399 e. The minimum absolute atomic E-state index is 0.00300. The van der Waals surface area contributed by atoms with Crippen LogP contribution in [0.3, 0.4) is 0 Å². The third-order valence-corrected chi connectivity index (χ3v) is 5.11. The molecule has 0 amide bonds. The number of nitrogens with two attached hydrogens (primary N) is 1. The molecule has 0 aliphatic heterocycles. The number of hydrogen-bond acceptors (Lipinski definition) is 3. The van der Waals surface area contributed by atoms with Gasteiger partial charge in [0.25, 0.3) is 0 Å². The van der Waals surface area contributed by atoms with Crippen molar-refractivity contribution in [3.05, 3.63) is 29.8 Å². The van der Waals surface area contributed by atoms with Crippen LogP contribution in [0, 0.1) is 5.92 Å². The first-order valence-electron chi connectivity index (χ1n) is 6.52. The Kier molecular flexibility index (Phi) is 5.38. The predicted molar refractivity (Wildman–Crippen MR) is 80.2 cm³/mol. The van der Waals surface area contributed by atoms with E-state index < -0.39 is 10.0 Å². The van der Waals surface area contributed by atoms with Crippen molar-refractivity contribution in [1.82, 2.24) is 4.31 Å². The predicted octanol–water partition coefficient (Wildman–Crippen LogP) is 2.46. The van der Waals surface area contributed by atoms with E-state index in [4.69, 9.17) is 5.73 Å². The third kappa shape index (κ3) is 4.84. The Hall–Kier alpha value is -1.07. The van der Waals surface area contributed by atoms with E-state index in [0.29, 0.717) is 11.6 Å². The van der Waals surface area contributed by atoms with Crippen LogP contribution in [0.5, 0.6) is 0 Å². The molecule has 0 aliphatic carbocycles. The Morgan fingerprint density at radius 2 is 1.89 bits per heavy atom. The van der Waals surface area contributed by atoms with Gasteiger partial charge in [0.05, 0.1) is 5.75 Å². The van der Waals surface area contributed by atoms with Crippen LogP contribution in [0.4, 0.5) is 5.69 Å². The number of nitrogens with zero attached hydrogens (tertiary/aromatic N) is 1. The van der Waals surface area contributed by atoms with Gasteiger partial charge in [-0.05, 0) is 37.0 Å². The van der Waals surface area contributed by atoms with Gasteiger partial charge >= 0.3 is 0 Å². The summed E-state index contributed by atoms with van der Waals surface area (Å²) in [6.07, 6.45) is 0.854. The summed E-state index contributed by atoms with van der Waals surface area (Å²) in [6.45, 7) is 6.13. The molecule has 0 aromatic heterocycles. The monoisotopic (exact) mass is 284 g/mol. The molecule has 1 unspecified atom stereocenters. The smallest absolute Gasteiger partial charge is 0.218 e. The summed E-state index contributed by atoms with van der Waals surface area (Å²) in [7, 11) is -1.65. The van der Waals surface area contributed by atoms with Gasteiger partial charge in [-0.2, -0.15) is 0 Å². The van der Waals surface area contributed by atoms with Crippen molar-refractivity contribution in [2.75, 3.05) is 12.8 Å². The van der Waals surface area contributed by atoms with E-state index >= 15 is 0 Å². The molecule has 5 heteroatoms. The van der Waals surface area contributed by atoms with Crippen LogP contribution in [0.2, 0.25) is 0 Å². The normalized spacial score (nSPS) is 14.0. The van der Waals surface area contributed by atoms with E-state index in [9.17, 15) is 8.42 Å². The summed E-state index contributed by atoms with van der Waals surface area (Å²) in [5.74, 6) is 0.469. The molecule has 0 bridgehead atoms. The first-order chi connectivity index (χ1) is 8.72. The maximum absolute atomic E-state index is 12.3. The van der Waals surface area contributed by atoms with Crippen LogP contribution in [0.15, 0.2) is 24.3 Å². The fourth-order valence-corrected chi connectivity index (χ4v) is 3.54. The summed E-state index contributed by atoms with van der Waals surface area (Å²) in [5.41, 5.74) is 6.98. The highest BCUT2D eigenvalue weighted by molar-refractivity contribution is 7.88. The lowest BCUT2D eigenvalue weighted by atomic mass is 10.1. The fraction of sp³-hybridized carbons (Fsp3) is 0.571. The first kappa shape index (κ1) is 16.0. The number of hydrogen-bond donors (Lipinski definition) is 1. The highest BCUT2D eigenvalue weighted by Gasteiger charge is 2.24. The van der Waals surface area contributed by atoms with E-state index in [0.717, 1.165) is 12.0 Å². The molecule has 0 radical (unpaired) electrons. The van der Waals surface area contributed by atoms with Crippen LogP contribution in [-0.4, -0.2) is 25.8 Å². The van der Waals surface area contributed by atoms with Crippen LogP contribution < -0.4 is 5.73 Å². The number of nitrogen functional groups attached to an aromatic ring is 1. The molecule has 1 aromatic carbocycles. The third-order valence-electron chi connectivity index (χ3n) is 3.17. The van der Waals surface area contributed by atoms with Crippen molar-refractivity contribution in [3.63, 3.8) is 0 Å². The molecule has 1 atom stereocenters. The Morgan fingerprint density at radius 1 is 1.26 bits per heavy atom. The van der Waals surface area contributed by atoms with Crippen LogP contribution >= 0.6 is 0 Å². The summed E-state index contributed by atoms with van der Waals surface area (Å²) in [5, 5.41) is 0. The highest BCUT2D eigenvalue weighted by atomic mass is 32.2. The van der Waals surface area contributed by atoms with Gasteiger partial charge in [0.2, 0.25) is 10.0 Å². The first-order valence-corrected chi connectivity index (χ1v) is 8.13. The number of anilines is 1. The molecule has 4 nitrogen and oxygen atoms in total. The minimum Gasteiger partial charge on any atom is -0.399 e. The Labute approximate surface area is 116 Å². The molecule has 0 heterocycles. The average molecular weight is 284 g/mol. The molecule has 0 aliphatic rings. The van der Waals surface area contributed by atoms with Crippen molar-refractivity contribution >= 4 is 15.7 Å². The zero-order chi connectivity index (χ0) is 14.6. The van der Waals surface area contributed by atoms with E-state index in [1.54, 1.807) is 31.3 Å². The second-order valence-corrected chi connectivity index (χ2v) is 7.52. The van der Waals surface area contributed by atoms with Gasteiger partial charge in [0.15, 0.2) is 0 Å². The standard InChI is InChI=1S/C14H24N2O2S/c1-11(2)8-12(3)16(4)19(17,18)10-13-6-5-7-14(15)9-13/h5-7,9,11-12H,8,10,15H2,1-4H3. The molecule has 19 heavy (non-hydrogen) atoms. The van der Waals surface area contributed by atoms with Crippen LogP contribution in [0.1, 0.15) is 32.8 Å².